The molecule has 7 atom stereocenters. The van der Waals surface area contributed by atoms with Gasteiger partial charge in [-0.05, 0) is 60.7 Å². The molecule has 2 aliphatic carbocycles. The summed E-state index contributed by atoms with van der Waals surface area (Å²) in [5.41, 5.74) is 0. The summed E-state index contributed by atoms with van der Waals surface area (Å²) >= 11 is 0. The monoisotopic (exact) mass is 264 g/mol. The van der Waals surface area contributed by atoms with Crippen LogP contribution in [0.4, 0.5) is 0 Å². The molecule has 0 nitrogen and oxygen atoms in total. The fourth-order valence-electron chi connectivity index (χ4n) is 5.48. The van der Waals surface area contributed by atoms with Crippen LogP contribution in [-0.2, 0) is 0 Å². The first kappa shape index (κ1) is 15.4. The summed E-state index contributed by atoms with van der Waals surface area (Å²) in [5.74, 6) is 7.28. The van der Waals surface area contributed by atoms with E-state index in [2.05, 4.69) is 34.6 Å². The van der Waals surface area contributed by atoms with Gasteiger partial charge < -0.3 is 0 Å². The zero-order valence-corrected chi connectivity index (χ0v) is 14.0. The standard InChI is InChI=1S/C19H36/c1-6-8-16(7-2)13(3)9-10-17-11-12-18-14(4)15(5)19(17)18/h13-19H,6-12H2,1-5H3. The van der Waals surface area contributed by atoms with E-state index in [1.165, 1.54) is 32.1 Å². The molecule has 0 aliphatic heterocycles. The Labute approximate surface area is 121 Å². The van der Waals surface area contributed by atoms with Gasteiger partial charge in [-0.15, -0.1) is 0 Å². The van der Waals surface area contributed by atoms with E-state index in [4.69, 9.17) is 0 Å². The van der Waals surface area contributed by atoms with Crippen molar-refractivity contribution >= 4 is 0 Å². The van der Waals surface area contributed by atoms with E-state index < -0.39 is 0 Å². The van der Waals surface area contributed by atoms with Crippen LogP contribution in [0.25, 0.3) is 0 Å². The van der Waals surface area contributed by atoms with Crippen molar-refractivity contribution in [1.29, 1.82) is 0 Å². The highest BCUT2D eigenvalue weighted by molar-refractivity contribution is 5.00. The number of hydrogen-bond acceptors (Lipinski definition) is 0. The molecule has 2 rings (SSSR count). The Morgan fingerprint density at radius 2 is 1.74 bits per heavy atom. The van der Waals surface area contributed by atoms with Crippen LogP contribution in [0.15, 0.2) is 0 Å². The minimum absolute atomic E-state index is 0.955. The molecule has 19 heavy (non-hydrogen) atoms. The largest absolute Gasteiger partial charge is 0.0654 e. The molecule has 0 bridgehead atoms. The first-order valence-corrected chi connectivity index (χ1v) is 9.10. The van der Waals surface area contributed by atoms with E-state index in [-0.39, 0.29) is 0 Å². The maximum Gasteiger partial charge on any atom is -0.0326 e. The van der Waals surface area contributed by atoms with Gasteiger partial charge in [0.05, 0.1) is 0 Å². The summed E-state index contributed by atoms with van der Waals surface area (Å²) in [6, 6.07) is 0. The lowest BCUT2D eigenvalue weighted by atomic mass is 9.57. The van der Waals surface area contributed by atoms with E-state index in [0.717, 1.165) is 41.4 Å². The van der Waals surface area contributed by atoms with Crippen molar-refractivity contribution in [3.05, 3.63) is 0 Å². The Balaban J connectivity index is 1.76. The van der Waals surface area contributed by atoms with E-state index in [0.29, 0.717) is 0 Å². The molecular weight excluding hydrogens is 228 g/mol. The van der Waals surface area contributed by atoms with E-state index in [9.17, 15) is 0 Å². The summed E-state index contributed by atoms with van der Waals surface area (Å²) in [6.45, 7) is 12.3. The minimum Gasteiger partial charge on any atom is -0.0654 e. The molecule has 0 amide bonds. The molecule has 0 aromatic carbocycles. The van der Waals surface area contributed by atoms with E-state index in [1.54, 1.807) is 12.8 Å². The predicted molar refractivity (Wildman–Crippen MR) is 85.1 cm³/mol. The third-order valence-corrected chi connectivity index (χ3v) is 7.00. The fourth-order valence-corrected chi connectivity index (χ4v) is 5.48. The molecule has 0 saturated heterocycles. The average Bonchev–Trinajstić information content (AvgIpc) is 2.81. The topological polar surface area (TPSA) is 0 Å². The second kappa shape index (κ2) is 6.64. The predicted octanol–water partition coefficient (Wildman–Crippen LogP) is 6.16. The maximum atomic E-state index is 2.52. The fraction of sp³-hybridized carbons (Fsp3) is 1.00. The highest BCUT2D eigenvalue weighted by atomic mass is 14.6. The lowest BCUT2D eigenvalue weighted by Gasteiger charge is -2.48. The quantitative estimate of drug-likeness (QED) is 0.517. The van der Waals surface area contributed by atoms with Gasteiger partial charge in [0.25, 0.3) is 0 Å². The van der Waals surface area contributed by atoms with Crippen molar-refractivity contribution in [2.45, 2.75) is 79.6 Å². The van der Waals surface area contributed by atoms with Crippen molar-refractivity contribution in [3.63, 3.8) is 0 Å². The van der Waals surface area contributed by atoms with E-state index in [1.807, 2.05) is 0 Å². The zero-order valence-electron chi connectivity index (χ0n) is 14.0. The second-order valence-corrected chi connectivity index (χ2v) is 7.81. The zero-order chi connectivity index (χ0) is 14.0. The summed E-state index contributed by atoms with van der Waals surface area (Å²) in [5, 5.41) is 0. The SMILES string of the molecule is CCCC(CC)C(C)CCC1CCC2C(C)C(C)C12. The van der Waals surface area contributed by atoms with Crippen LogP contribution in [0, 0.1) is 41.4 Å². The Morgan fingerprint density at radius 3 is 2.37 bits per heavy atom. The molecule has 0 aromatic heterocycles. The molecule has 0 radical (unpaired) electrons. The minimum atomic E-state index is 0.955. The van der Waals surface area contributed by atoms with Crippen molar-refractivity contribution in [2.24, 2.45) is 41.4 Å². The molecule has 0 N–H and O–H groups in total. The molecule has 0 heteroatoms. The van der Waals surface area contributed by atoms with Gasteiger partial charge in [-0.2, -0.15) is 0 Å². The molecular formula is C19H36. The van der Waals surface area contributed by atoms with Gasteiger partial charge in [0, 0.05) is 0 Å². The lowest BCUT2D eigenvalue weighted by Crippen LogP contribution is -2.42. The molecule has 0 spiro atoms. The molecule has 2 fully saturated rings. The van der Waals surface area contributed by atoms with Gasteiger partial charge in [0.2, 0.25) is 0 Å². The van der Waals surface area contributed by atoms with Gasteiger partial charge in [0.15, 0.2) is 0 Å². The van der Waals surface area contributed by atoms with Crippen LogP contribution >= 0.6 is 0 Å². The average molecular weight is 264 g/mol. The van der Waals surface area contributed by atoms with Crippen molar-refractivity contribution in [2.75, 3.05) is 0 Å². The molecule has 7 unspecified atom stereocenters. The van der Waals surface area contributed by atoms with Crippen LogP contribution in [0.5, 0.6) is 0 Å². The summed E-state index contributed by atoms with van der Waals surface area (Å²) < 4.78 is 0. The van der Waals surface area contributed by atoms with Crippen molar-refractivity contribution in [1.82, 2.24) is 0 Å². The highest BCUT2D eigenvalue weighted by Crippen LogP contribution is 2.58. The van der Waals surface area contributed by atoms with E-state index >= 15 is 0 Å². The molecule has 112 valence electrons. The van der Waals surface area contributed by atoms with Crippen LogP contribution in [0.2, 0.25) is 0 Å². The highest BCUT2D eigenvalue weighted by Gasteiger charge is 2.51. The Kier molecular flexibility index (Phi) is 5.37. The van der Waals surface area contributed by atoms with Gasteiger partial charge in [-0.25, -0.2) is 0 Å². The van der Waals surface area contributed by atoms with Gasteiger partial charge in [-0.3, -0.25) is 0 Å². The third kappa shape index (κ3) is 3.03. The normalized spacial score (nSPS) is 40.6. The van der Waals surface area contributed by atoms with Gasteiger partial charge >= 0.3 is 0 Å². The van der Waals surface area contributed by atoms with Crippen LogP contribution < -0.4 is 0 Å². The Morgan fingerprint density at radius 1 is 1.00 bits per heavy atom. The van der Waals surface area contributed by atoms with Crippen molar-refractivity contribution < 1.29 is 0 Å². The summed E-state index contributed by atoms with van der Waals surface area (Å²) in [4.78, 5) is 0. The summed E-state index contributed by atoms with van der Waals surface area (Å²) in [6.07, 6.45) is 10.3. The first-order valence-electron chi connectivity index (χ1n) is 9.10. The third-order valence-electron chi connectivity index (χ3n) is 7.00. The van der Waals surface area contributed by atoms with Crippen LogP contribution in [0.3, 0.4) is 0 Å². The van der Waals surface area contributed by atoms with Crippen molar-refractivity contribution in [3.8, 4) is 0 Å². The van der Waals surface area contributed by atoms with Gasteiger partial charge in [-0.1, -0.05) is 60.3 Å². The van der Waals surface area contributed by atoms with Crippen LogP contribution in [0.1, 0.15) is 79.6 Å². The lowest BCUT2D eigenvalue weighted by molar-refractivity contribution is -0.000197. The Bertz CT molecular complexity index is 269. The van der Waals surface area contributed by atoms with Crippen LogP contribution in [-0.4, -0.2) is 0 Å². The second-order valence-electron chi connectivity index (χ2n) is 7.81. The Hall–Kier alpha value is 0. The smallest absolute Gasteiger partial charge is 0.0326 e. The number of rotatable bonds is 7. The molecule has 2 saturated carbocycles. The molecule has 0 heterocycles. The first-order chi connectivity index (χ1) is 9.10. The summed E-state index contributed by atoms with van der Waals surface area (Å²) in [7, 11) is 0. The molecule has 2 aliphatic rings. The number of hydrogen-bond donors (Lipinski definition) is 0. The number of fused-ring (bicyclic) bond motifs is 1. The maximum absolute atomic E-state index is 2.52. The molecule has 0 aromatic rings. The van der Waals surface area contributed by atoms with Gasteiger partial charge in [0.1, 0.15) is 0 Å².